The quantitative estimate of drug-likeness (QED) is 0.822. The lowest BCUT2D eigenvalue weighted by Crippen LogP contribution is -2.21. The largest absolute Gasteiger partial charge is 0.381 e. The van der Waals surface area contributed by atoms with E-state index < -0.39 is 0 Å². The SMILES string of the molecule is CCn1cc(C(C)NCCC2CCOC2)cn1. The van der Waals surface area contributed by atoms with Crippen molar-refractivity contribution in [1.82, 2.24) is 15.1 Å². The lowest BCUT2D eigenvalue weighted by molar-refractivity contribution is 0.184. The van der Waals surface area contributed by atoms with Gasteiger partial charge in [0.25, 0.3) is 0 Å². The average molecular weight is 237 g/mol. The highest BCUT2D eigenvalue weighted by atomic mass is 16.5. The van der Waals surface area contributed by atoms with Crippen molar-refractivity contribution in [1.29, 1.82) is 0 Å². The highest BCUT2D eigenvalue weighted by molar-refractivity contribution is 5.08. The Hall–Kier alpha value is -0.870. The van der Waals surface area contributed by atoms with Crippen LogP contribution in [0.15, 0.2) is 12.4 Å². The van der Waals surface area contributed by atoms with Gasteiger partial charge < -0.3 is 10.1 Å². The fraction of sp³-hybridized carbons (Fsp3) is 0.769. The Balaban J connectivity index is 1.70. The molecule has 1 aliphatic heterocycles. The van der Waals surface area contributed by atoms with Gasteiger partial charge in [-0.3, -0.25) is 4.68 Å². The van der Waals surface area contributed by atoms with Crippen LogP contribution in [0, 0.1) is 5.92 Å². The van der Waals surface area contributed by atoms with Gasteiger partial charge in [0.2, 0.25) is 0 Å². The van der Waals surface area contributed by atoms with E-state index in [0.717, 1.165) is 32.2 Å². The van der Waals surface area contributed by atoms with E-state index in [1.807, 2.05) is 10.9 Å². The molecular weight excluding hydrogens is 214 g/mol. The molecule has 1 N–H and O–H groups in total. The second-order valence-corrected chi connectivity index (χ2v) is 4.82. The first kappa shape index (κ1) is 12.6. The first-order valence-corrected chi connectivity index (χ1v) is 6.63. The van der Waals surface area contributed by atoms with E-state index in [2.05, 4.69) is 30.5 Å². The summed E-state index contributed by atoms with van der Waals surface area (Å²) in [4.78, 5) is 0. The molecule has 0 radical (unpaired) electrons. The summed E-state index contributed by atoms with van der Waals surface area (Å²) >= 11 is 0. The van der Waals surface area contributed by atoms with Crippen LogP contribution in [0.3, 0.4) is 0 Å². The Morgan fingerprint density at radius 1 is 1.65 bits per heavy atom. The third kappa shape index (κ3) is 3.54. The molecule has 2 atom stereocenters. The minimum Gasteiger partial charge on any atom is -0.381 e. The number of hydrogen-bond acceptors (Lipinski definition) is 3. The van der Waals surface area contributed by atoms with Crippen molar-refractivity contribution in [2.45, 2.75) is 39.3 Å². The van der Waals surface area contributed by atoms with Crippen LogP contribution in [-0.4, -0.2) is 29.5 Å². The molecule has 4 heteroatoms. The lowest BCUT2D eigenvalue weighted by Gasteiger charge is -2.13. The maximum Gasteiger partial charge on any atom is 0.0537 e. The van der Waals surface area contributed by atoms with Gasteiger partial charge in [0, 0.05) is 37.6 Å². The molecule has 0 amide bonds. The van der Waals surface area contributed by atoms with Crippen molar-refractivity contribution in [3.8, 4) is 0 Å². The van der Waals surface area contributed by atoms with Crippen molar-refractivity contribution in [3.05, 3.63) is 18.0 Å². The summed E-state index contributed by atoms with van der Waals surface area (Å²) in [5.74, 6) is 0.757. The molecule has 2 rings (SSSR count). The zero-order chi connectivity index (χ0) is 12.1. The Labute approximate surface area is 103 Å². The van der Waals surface area contributed by atoms with Crippen molar-refractivity contribution in [2.24, 2.45) is 5.92 Å². The molecule has 0 bridgehead atoms. The smallest absolute Gasteiger partial charge is 0.0537 e. The van der Waals surface area contributed by atoms with Gasteiger partial charge in [0.05, 0.1) is 6.20 Å². The molecule has 96 valence electrons. The van der Waals surface area contributed by atoms with Crippen LogP contribution < -0.4 is 5.32 Å². The zero-order valence-corrected chi connectivity index (χ0v) is 10.9. The van der Waals surface area contributed by atoms with Crippen LogP contribution in [-0.2, 0) is 11.3 Å². The molecule has 1 aromatic heterocycles. The fourth-order valence-electron chi connectivity index (χ4n) is 2.21. The number of rotatable bonds is 6. The first-order chi connectivity index (χ1) is 8.29. The maximum absolute atomic E-state index is 5.38. The van der Waals surface area contributed by atoms with Crippen molar-refractivity contribution >= 4 is 0 Å². The minimum atomic E-state index is 0.387. The van der Waals surface area contributed by atoms with E-state index in [1.165, 1.54) is 18.4 Å². The normalized spacial score (nSPS) is 21.9. The van der Waals surface area contributed by atoms with Crippen LogP contribution in [0.2, 0.25) is 0 Å². The lowest BCUT2D eigenvalue weighted by atomic mass is 10.0. The standard InChI is InChI=1S/C13H23N3O/c1-3-16-9-13(8-15-16)11(2)14-6-4-12-5-7-17-10-12/h8-9,11-12,14H,3-7,10H2,1-2H3. The van der Waals surface area contributed by atoms with Crippen molar-refractivity contribution < 1.29 is 4.74 Å². The third-order valence-corrected chi connectivity index (χ3v) is 3.50. The van der Waals surface area contributed by atoms with E-state index in [0.29, 0.717) is 6.04 Å². The van der Waals surface area contributed by atoms with Crippen LogP contribution >= 0.6 is 0 Å². The van der Waals surface area contributed by atoms with Crippen LogP contribution in [0.5, 0.6) is 0 Å². The number of aromatic nitrogens is 2. The molecule has 0 saturated carbocycles. The van der Waals surface area contributed by atoms with Gasteiger partial charge in [-0.25, -0.2) is 0 Å². The summed E-state index contributed by atoms with van der Waals surface area (Å²) in [5.41, 5.74) is 1.27. The fourth-order valence-corrected chi connectivity index (χ4v) is 2.21. The highest BCUT2D eigenvalue weighted by Crippen LogP contribution is 2.16. The van der Waals surface area contributed by atoms with Gasteiger partial charge >= 0.3 is 0 Å². The number of nitrogens with one attached hydrogen (secondary N) is 1. The summed E-state index contributed by atoms with van der Waals surface area (Å²) in [6, 6.07) is 0.387. The number of aryl methyl sites for hydroxylation is 1. The van der Waals surface area contributed by atoms with E-state index in [4.69, 9.17) is 4.74 Å². The van der Waals surface area contributed by atoms with Gasteiger partial charge in [-0.2, -0.15) is 5.10 Å². The number of hydrogen-bond donors (Lipinski definition) is 1. The summed E-state index contributed by atoms with van der Waals surface area (Å²) < 4.78 is 7.35. The summed E-state index contributed by atoms with van der Waals surface area (Å²) in [6.07, 6.45) is 6.52. The van der Waals surface area contributed by atoms with E-state index in [-0.39, 0.29) is 0 Å². The highest BCUT2D eigenvalue weighted by Gasteiger charge is 2.15. The topological polar surface area (TPSA) is 39.1 Å². The molecule has 0 aliphatic carbocycles. The van der Waals surface area contributed by atoms with Gasteiger partial charge in [0.15, 0.2) is 0 Å². The monoisotopic (exact) mass is 237 g/mol. The van der Waals surface area contributed by atoms with Gasteiger partial charge in [-0.05, 0) is 39.2 Å². The minimum absolute atomic E-state index is 0.387. The van der Waals surface area contributed by atoms with Crippen molar-refractivity contribution in [2.75, 3.05) is 19.8 Å². The average Bonchev–Trinajstić information content (AvgIpc) is 2.99. The summed E-state index contributed by atoms with van der Waals surface area (Å²) in [6.45, 7) is 8.20. The maximum atomic E-state index is 5.38. The second kappa shape index (κ2) is 6.17. The molecule has 1 fully saturated rings. The van der Waals surface area contributed by atoms with Crippen molar-refractivity contribution in [3.63, 3.8) is 0 Å². The molecular formula is C13H23N3O. The molecule has 17 heavy (non-hydrogen) atoms. The van der Waals surface area contributed by atoms with Crippen LogP contribution in [0.1, 0.15) is 38.3 Å². The number of nitrogens with zero attached hydrogens (tertiary/aromatic N) is 2. The first-order valence-electron chi connectivity index (χ1n) is 6.63. The summed E-state index contributed by atoms with van der Waals surface area (Å²) in [7, 11) is 0. The van der Waals surface area contributed by atoms with Gasteiger partial charge in [-0.1, -0.05) is 0 Å². The molecule has 0 spiro atoms. The Bertz CT molecular complexity index is 331. The Morgan fingerprint density at radius 2 is 2.53 bits per heavy atom. The van der Waals surface area contributed by atoms with Gasteiger partial charge in [0.1, 0.15) is 0 Å². The molecule has 4 nitrogen and oxygen atoms in total. The number of ether oxygens (including phenoxy) is 1. The Morgan fingerprint density at radius 3 is 3.18 bits per heavy atom. The van der Waals surface area contributed by atoms with E-state index >= 15 is 0 Å². The predicted octanol–water partition coefficient (Wildman–Crippen LogP) is 1.98. The molecule has 1 saturated heterocycles. The van der Waals surface area contributed by atoms with E-state index in [9.17, 15) is 0 Å². The Kier molecular flexibility index (Phi) is 4.57. The summed E-state index contributed by atoms with van der Waals surface area (Å²) in [5, 5.41) is 7.85. The van der Waals surface area contributed by atoms with Gasteiger partial charge in [-0.15, -0.1) is 0 Å². The molecule has 1 aliphatic rings. The van der Waals surface area contributed by atoms with Crippen LogP contribution in [0.25, 0.3) is 0 Å². The third-order valence-electron chi connectivity index (χ3n) is 3.50. The second-order valence-electron chi connectivity index (χ2n) is 4.82. The zero-order valence-electron chi connectivity index (χ0n) is 10.9. The molecule has 2 unspecified atom stereocenters. The molecule has 1 aromatic rings. The molecule has 0 aromatic carbocycles. The predicted molar refractivity (Wildman–Crippen MR) is 67.9 cm³/mol. The van der Waals surface area contributed by atoms with Crippen LogP contribution in [0.4, 0.5) is 0 Å². The molecule has 2 heterocycles. The van der Waals surface area contributed by atoms with E-state index in [1.54, 1.807) is 0 Å².